The number of pyridine rings is 1. The van der Waals surface area contributed by atoms with Crippen molar-refractivity contribution >= 4 is 17.5 Å². The Labute approximate surface area is 74.8 Å². The number of amides is 1. The quantitative estimate of drug-likeness (QED) is 0.648. The fourth-order valence-corrected chi connectivity index (χ4v) is 1.41. The van der Waals surface area contributed by atoms with Crippen LogP contribution in [0.15, 0.2) is 12.3 Å². The summed E-state index contributed by atoms with van der Waals surface area (Å²) in [6, 6.07) is 1.84. The van der Waals surface area contributed by atoms with Gasteiger partial charge in [0.05, 0.1) is 17.1 Å². The number of nitrogens with zero attached hydrogens (tertiary/aromatic N) is 1. The fraction of sp³-hybridized carbons (Fsp3) is 0.250. The molecule has 1 aromatic rings. The first-order valence-electron chi connectivity index (χ1n) is 3.66. The number of nitrogens with one attached hydrogen (secondary N) is 1. The predicted molar refractivity (Wildman–Crippen MR) is 44.8 cm³/mol. The third-order valence-electron chi connectivity index (χ3n) is 1.83. The van der Waals surface area contributed by atoms with Crippen molar-refractivity contribution in [2.24, 2.45) is 0 Å². The van der Waals surface area contributed by atoms with Gasteiger partial charge in [0.25, 0.3) is 0 Å². The number of carbonyl (C=O) groups is 1. The molecule has 0 atom stereocenters. The lowest BCUT2D eigenvalue weighted by Gasteiger charge is -2.15. The van der Waals surface area contributed by atoms with Crippen LogP contribution in [0, 0.1) is 0 Å². The van der Waals surface area contributed by atoms with Gasteiger partial charge in [0.1, 0.15) is 0 Å². The first-order valence-corrected chi connectivity index (χ1v) is 4.03. The molecule has 0 saturated heterocycles. The van der Waals surface area contributed by atoms with E-state index < -0.39 is 0 Å². The summed E-state index contributed by atoms with van der Waals surface area (Å²) in [5.74, 6) is 0.0253. The van der Waals surface area contributed by atoms with Crippen molar-refractivity contribution in [3.63, 3.8) is 0 Å². The van der Waals surface area contributed by atoms with Crippen LogP contribution >= 0.6 is 11.6 Å². The summed E-state index contributed by atoms with van der Waals surface area (Å²) in [5, 5.41) is 3.34. The van der Waals surface area contributed by atoms with E-state index in [1.807, 2.05) is 6.07 Å². The SMILES string of the molecule is O=C1Cc2ncc(Cl)cc2CN1. The maximum Gasteiger partial charge on any atom is 0.226 e. The van der Waals surface area contributed by atoms with Crippen molar-refractivity contribution in [2.75, 3.05) is 0 Å². The van der Waals surface area contributed by atoms with Crippen LogP contribution in [0.25, 0.3) is 0 Å². The molecule has 0 fully saturated rings. The van der Waals surface area contributed by atoms with Crippen LogP contribution in [0.4, 0.5) is 0 Å². The van der Waals surface area contributed by atoms with Gasteiger partial charge in [-0.25, -0.2) is 0 Å². The molecule has 0 unspecified atom stereocenters. The second kappa shape index (κ2) is 2.75. The Morgan fingerprint density at radius 2 is 2.42 bits per heavy atom. The van der Waals surface area contributed by atoms with E-state index >= 15 is 0 Å². The topological polar surface area (TPSA) is 42.0 Å². The fourth-order valence-electron chi connectivity index (χ4n) is 1.23. The molecule has 12 heavy (non-hydrogen) atoms. The van der Waals surface area contributed by atoms with E-state index in [0.717, 1.165) is 11.3 Å². The molecule has 0 bridgehead atoms. The standard InChI is InChI=1S/C8H7ClN2O/c9-6-1-5-3-11-8(12)2-7(5)10-4-6/h1,4H,2-3H2,(H,11,12). The van der Waals surface area contributed by atoms with Gasteiger partial charge < -0.3 is 5.32 Å². The number of rotatable bonds is 0. The molecule has 0 saturated carbocycles. The molecule has 1 amide bonds. The van der Waals surface area contributed by atoms with Gasteiger partial charge >= 0.3 is 0 Å². The smallest absolute Gasteiger partial charge is 0.226 e. The maximum atomic E-state index is 10.9. The molecule has 1 N–H and O–H groups in total. The van der Waals surface area contributed by atoms with Crippen LogP contribution in [-0.2, 0) is 17.8 Å². The summed E-state index contributed by atoms with van der Waals surface area (Å²) in [5.41, 5.74) is 1.85. The predicted octanol–water partition coefficient (Wildman–Crippen LogP) is 0.907. The molecule has 1 aliphatic rings. The molecular formula is C8H7ClN2O. The third-order valence-corrected chi connectivity index (χ3v) is 2.04. The molecule has 0 aromatic carbocycles. The molecule has 2 rings (SSSR count). The van der Waals surface area contributed by atoms with E-state index in [4.69, 9.17) is 11.6 Å². The lowest BCUT2D eigenvalue weighted by atomic mass is 10.1. The van der Waals surface area contributed by atoms with E-state index in [0.29, 0.717) is 18.0 Å². The number of fused-ring (bicyclic) bond motifs is 1. The zero-order chi connectivity index (χ0) is 8.55. The highest BCUT2D eigenvalue weighted by Crippen LogP contribution is 2.16. The highest BCUT2D eigenvalue weighted by atomic mass is 35.5. The molecule has 4 heteroatoms. The molecule has 1 aromatic heterocycles. The van der Waals surface area contributed by atoms with Gasteiger partial charge in [-0.1, -0.05) is 11.6 Å². The molecule has 62 valence electrons. The first kappa shape index (κ1) is 7.55. The van der Waals surface area contributed by atoms with Crippen LogP contribution in [0.1, 0.15) is 11.3 Å². The summed E-state index contributed by atoms with van der Waals surface area (Å²) in [7, 11) is 0. The Hall–Kier alpha value is -1.09. The van der Waals surface area contributed by atoms with E-state index in [1.54, 1.807) is 6.20 Å². The van der Waals surface area contributed by atoms with Crippen molar-refractivity contribution in [2.45, 2.75) is 13.0 Å². The lowest BCUT2D eigenvalue weighted by molar-refractivity contribution is -0.121. The Balaban J connectivity index is 2.43. The van der Waals surface area contributed by atoms with Crippen LogP contribution in [0.2, 0.25) is 5.02 Å². The number of aromatic nitrogens is 1. The van der Waals surface area contributed by atoms with E-state index in [9.17, 15) is 4.79 Å². The molecule has 1 aliphatic heterocycles. The largest absolute Gasteiger partial charge is 0.352 e. The highest BCUT2D eigenvalue weighted by molar-refractivity contribution is 6.30. The Morgan fingerprint density at radius 3 is 3.25 bits per heavy atom. The molecule has 0 aliphatic carbocycles. The van der Waals surface area contributed by atoms with Gasteiger partial charge in [0, 0.05) is 12.7 Å². The summed E-state index contributed by atoms with van der Waals surface area (Å²) < 4.78 is 0. The number of hydrogen-bond acceptors (Lipinski definition) is 2. The van der Waals surface area contributed by atoms with E-state index in [2.05, 4.69) is 10.3 Å². The minimum Gasteiger partial charge on any atom is -0.352 e. The summed E-state index contributed by atoms with van der Waals surface area (Å²) in [6.45, 7) is 0.543. The normalized spacial score (nSPS) is 15.2. The number of carbonyl (C=O) groups excluding carboxylic acids is 1. The van der Waals surface area contributed by atoms with Crippen molar-refractivity contribution in [1.29, 1.82) is 0 Å². The maximum absolute atomic E-state index is 10.9. The van der Waals surface area contributed by atoms with Crippen molar-refractivity contribution in [3.05, 3.63) is 28.5 Å². The zero-order valence-electron chi connectivity index (χ0n) is 6.30. The minimum atomic E-state index is 0.0253. The Bertz CT molecular complexity index is 338. The average Bonchev–Trinajstić information content (AvgIpc) is 2.05. The third kappa shape index (κ3) is 1.28. The van der Waals surface area contributed by atoms with Gasteiger partial charge in [0.2, 0.25) is 5.91 Å². The molecule has 0 radical (unpaired) electrons. The zero-order valence-corrected chi connectivity index (χ0v) is 7.06. The molecular weight excluding hydrogens is 176 g/mol. The monoisotopic (exact) mass is 182 g/mol. The van der Waals surface area contributed by atoms with Gasteiger partial charge in [0.15, 0.2) is 0 Å². The van der Waals surface area contributed by atoms with Gasteiger partial charge in [-0.05, 0) is 11.6 Å². The second-order valence-corrected chi connectivity index (χ2v) is 3.15. The van der Waals surface area contributed by atoms with Gasteiger partial charge in [-0.15, -0.1) is 0 Å². The first-order chi connectivity index (χ1) is 5.75. The van der Waals surface area contributed by atoms with Gasteiger partial charge in [-0.3, -0.25) is 9.78 Å². The number of hydrogen-bond donors (Lipinski definition) is 1. The molecule has 0 spiro atoms. The van der Waals surface area contributed by atoms with Crippen LogP contribution in [0.3, 0.4) is 0 Å². The van der Waals surface area contributed by atoms with Crippen LogP contribution in [-0.4, -0.2) is 10.9 Å². The van der Waals surface area contributed by atoms with Gasteiger partial charge in [-0.2, -0.15) is 0 Å². The summed E-state index contributed by atoms with van der Waals surface area (Å²) in [6.07, 6.45) is 1.94. The molecule has 2 heterocycles. The van der Waals surface area contributed by atoms with Crippen molar-refractivity contribution < 1.29 is 4.79 Å². The average molecular weight is 183 g/mol. The van der Waals surface area contributed by atoms with Crippen LogP contribution in [0.5, 0.6) is 0 Å². The summed E-state index contributed by atoms with van der Waals surface area (Å²) in [4.78, 5) is 15.0. The van der Waals surface area contributed by atoms with Crippen LogP contribution < -0.4 is 5.32 Å². The molecule has 3 nitrogen and oxygen atoms in total. The highest BCUT2D eigenvalue weighted by Gasteiger charge is 2.15. The summed E-state index contributed by atoms with van der Waals surface area (Å²) >= 11 is 5.74. The lowest BCUT2D eigenvalue weighted by Crippen LogP contribution is -2.30. The minimum absolute atomic E-state index is 0.0253. The van der Waals surface area contributed by atoms with E-state index in [1.165, 1.54) is 0 Å². The Kier molecular flexibility index (Phi) is 1.73. The number of halogens is 1. The van der Waals surface area contributed by atoms with Crippen molar-refractivity contribution in [3.8, 4) is 0 Å². The Morgan fingerprint density at radius 1 is 1.58 bits per heavy atom. The second-order valence-electron chi connectivity index (χ2n) is 2.71. The van der Waals surface area contributed by atoms with Crippen molar-refractivity contribution in [1.82, 2.24) is 10.3 Å². The van der Waals surface area contributed by atoms with E-state index in [-0.39, 0.29) is 5.91 Å².